The molecule has 1 aliphatic heterocycles. The van der Waals surface area contributed by atoms with E-state index in [0.29, 0.717) is 0 Å². The van der Waals surface area contributed by atoms with Gasteiger partial charge in [-0.05, 0) is 25.2 Å². The number of amides is 2. The van der Waals surface area contributed by atoms with Crippen molar-refractivity contribution in [3.05, 3.63) is 0 Å². The molecule has 0 spiro atoms. The molecule has 2 aliphatic rings. The van der Waals surface area contributed by atoms with Crippen LogP contribution in [-0.2, 0) is 4.79 Å². The quantitative estimate of drug-likeness (QED) is 0.676. The first kappa shape index (κ1) is 15.1. The Morgan fingerprint density at radius 1 is 1.30 bits per heavy atom. The van der Waals surface area contributed by atoms with Crippen molar-refractivity contribution in [3.63, 3.8) is 0 Å². The monoisotopic (exact) mass is 283 g/mol. The fraction of sp³-hybridized carbons (Fsp3) is 0.857. The van der Waals surface area contributed by atoms with Gasteiger partial charge in [-0.2, -0.15) is 0 Å². The highest BCUT2D eigenvalue weighted by Gasteiger charge is 2.34. The Hall–Kier alpha value is -1.30. The maximum Gasteiger partial charge on any atom is 0.315 e. The number of rotatable bonds is 6. The molecule has 2 atom stereocenters. The largest absolute Gasteiger partial charge is 0.481 e. The Kier molecular flexibility index (Phi) is 4.86. The van der Waals surface area contributed by atoms with Crippen LogP contribution in [0.4, 0.5) is 4.79 Å². The van der Waals surface area contributed by atoms with Gasteiger partial charge in [-0.15, -0.1) is 0 Å². The summed E-state index contributed by atoms with van der Waals surface area (Å²) in [5, 5.41) is 14.7. The fourth-order valence-corrected chi connectivity index (χ4v) is 2.72. The average molecular weight is 283 g/mol. The van der Waals surface area contributed by atoms with Crippen molar-refractivity contribution in [1.29, 1.82) is 0 Å². The van der Waals surface area contributed by atoms with Crippen LogP contribution in [-0.4, -0.2) is 53.7 Å². The lowest BCUT2D eigenvalue weighted by molar-refractivity contribution is -0.142. The Labute approximate surface area is 119 Å². The lowest BCUT2D eigenvalue weighted by atomic mass is 9.96. The number of likely N-dealkylation sites (tertiary alicyclic amines) is 1. The Morgan fingerprint density at radius 2 is 2.00 bits per heavy atom. The molecule has 0 aromatic rings. The van der Waals surface area contributed by atoms with E-state index in [4.69, 9.17) is 5.11 Å². The minimum atomic E-state index is -0.860. The molecule has 6 nitrogen and oxygen atoms in total. The zero-order valence-electron chi connectivity index (χ0n) is 12.3. The lowest BCUT2D eigenvalue weighted by Gasteiger charge is -2.19. The van der Waals surface area contributed by atoms with Crippen molar-refractivity contribution in [1.82, 2.24) is 15.5 Å². The maximum atomic E-state index is 11.8. The van der Waals surface area contributed by atoms with Gasteiger partial charge in [-0.1, -0.05) is 13.8 Å². The molecule has 0 bridgehead atoms. The number of nitrogens with one attached hydrogen (secondary N) is 2. The van der Waals surface area contributed by atoms with E-state index in [1.165, 1.54) is 12.8 Å². The third kappa shape index (κ3) is 4.10. The minimum Gasteiger partial charge on any atom is -0.481 e. The molecule has 3 N–H and O–H groups in total. The highest BCUT2D eigenvalue weighted by molar-refractivity contribution is 5.76. The first-order valence-electron chi connectivity index (χ1n) is 7.48. The van der Waals surface area contributed by atoms with Crippen molar-refractivity contribution >= 4 is 12.0 Å². The SMILES string of the molecule is CC(C)C(CNC(=O)NC1CCN(C2CC2)C1)C(=O)O. The summed E-state index contributed by atoms with van der Waals surface area (Å²) in [6, 6.07) is 0.680. The van der Waals surface area contributed by atoms with E-state index in [1.807, 2.05) is 13.8 Å². The van der Waals surface area contributed by atoms with Crippen LogP contribution in [0.2, 0.25) is 0 Å². The molecule has 2 unspecified atom stereocenters. The van der Waals surface area contributed by atoms with Crippen molar-refractivity contribution in [2.45, 2.75) is 45.2 Å². The van der Waals surface area contributed by atoms with Crippen LogP contribution in [0, 0.1) is 11.8 Å². The van der Waals surface area contributed by atoms with Crippen LogP contribution in [0.25, 0.3) is 0 Å². The molecule has 2 rings (SSSR count). The number of aliphatic carboxylic acids is 1. The van der Waals surface area contributed by atoms with Gasteiger partial charge in [0.05, 0.1) is 5.92 Å². The molecule has 114 valence electrons. The normalized spacial score (nSPS) is 24.6. The van der Waals surface area contributed by atoms with Gasteiger partial charge >= 0.3 is 12.0 Å². The van der Waals surface area contributed by atoms with Crippen LogP contribution in [0.5, 0.6) is 0 Å². The summed E-state index contributed by atoms with van der Waals surface area (Å²) in [6.45, 7) is 5.85. The zero-order valence-corrected chi connectivity index (χ0v) is 12.3. The van der Waals surface area contributed by atoms with Gasteiger partial charge in [0.2, 0.25) is 0 Å². The van der Waals surface area contributed by atoms with Crippen LogP contribution in [0.1, 0.15) is 33.1 Å². The molecule has 2 fully saturated rings. The second kappa shape index (κ2) is 6.43. The number of carboxylic acid groups (broad SMARTS) is 1. The fourth-order valence-electron chi connectivity index (χ4n) is 2.72. The van der Waals surface area contributed by atoms with Gasteiger partial charge in [0.15, 0.2) is 0 Å². The molecule has 1 saturated heterocycles. The number of carboxylic acids is 1. The number of carbonyl (C=O) groups is 2. The van der Waals surface area contributed by atoms with Crippen molar-refractivity contribution in [2.24, 2.45) is 11.8 Å². The highest BCUT2D eigenvalue weighted by Crippen LogP contribution is 2.29. The summed E-state index contributed by atoms with van der Waals surface area (Å²) in [6.07, 6.45) is 3.55. The smallest absolute Gasteiger partial charge is 0.315 e. The molecule has 1 saturated carbocycles. The van der Waals surface area contributed by atoms with E-state index in [9.17, 15) is 9.59 Å². The molecule has 0 aromatic heterocycles. The first-order chi connectivity index (χ1) is 9.47. The van der Waals surface area contributed by atoms with E-state index in [2.05, 4.69) is 15.5 Å². The molecule has 6 heteroatoms. The van der Waals surface area contributed by atoms with E-state index in [-0.39, 0.29) is 24.5 Å². The summed E-state index contributed by atoms with van der Waals surface area (Å²) in [7, 11) is 0. The summed E-state index contributed by atoms with van der Waals surface area (Å²) in [5.41, 5.74) is 0. The highest BCUT2D eigenvalue weighted by atomic mass is 16.4. The van der Waals surface area contributed by atoms with Crippen LogP contribution in [0.15, 0.2) is 0 Å². The van der Waals surface area contributed by atoms with Crippen LogP contribution >= 0.6 is 0 Å². The van der Waals surface area contributed by atoms with Crippen molar-refractivity contribution in [2.75, 3.05) is 19.6 Å². The number of carbonyl (C=O) groups excluding carboxylic acids is 1. The third-order valence-corrected chi connectivity index (χ3v) is 4.22. The van der Waals surface area contributed by atoms with Crippen LogP contribution in [0.3, 0.4) is 0 Å². The molecule has 20 heavy (non-hydrogen) atoms. The summed E-state index contributed by atoms with van der Waals surface area (Å²) in [5.74, 6) is -1.39. The van der Waals surface area contributed by atoms with Crippen molar-refractivity contribution < 1.29 is 14.7 Å². The van der Waals surface area contributed by atoms with Gasteiger partial charge in [0.1, 0.15) is 0 Å². The predicted molar refractivity (Wildman–Crippen MR) is 75.5 cm³/mol. The molecule has 2 amide bonds. The average Bonchev–Trinajstić information content (AvgIpc) is 3.10. The standard InChI is InChI=1S/C14H25N3O3/c1-9(2)12(13(18)19)7-15-14(20)16-10-5-6-17(8-10)11-3-4-11/h9-12H,3-8H2,1-2H3,(H,18,19)(H2,15,16,20). The molecule has 1 heterocycles. The second-order valence-corrected chi connectivity index (χ2v) is 6.25. The number of hydrogen-bond acceptors (Lipinski definition) is 3. The van der Waals surface area contributed by atoms with Gasteiger partial charge in [-0.25, -0.2) is 4.79 Å². The molecular weight excluding hydrogens is 258 g/mol. The van der Waals surface area contributed by atoms with Crippen LogP contribution < -0.4 is 10.6 Å². The van der Waals surface area contributed by atoms with E-state index in [1.54, 1.807) is 0 Å². The van der Waals surface area contributed by atoms with Gasteiger partial charge in [0, 0.05) is 31.7 Å². The lowest BCUT2D eigenvalue weighted by Crippen LogP contribution is -2.46. The second-order valence-electron chi connectivity index (χ2n) is 6.25. The Balaban J connectivity index is 1.68. The minimum absolute atomic E-state index is 0.00430. The van der Waals surface area contributed by atoms with E-state index < -0.39 is 11.9 Å². The van der Waals surface area contributed by atoms with Gasteiger partial charge < -0.3 is 15.7 Å². The molecular formula is C14H25N3O3. The maximum absolute atomic E-state index is 11.8. The zero-order chi connectivity index (χ0) is 14.7. The predicted octanol–water partition coefficient (Wildman–Crippen LogP) is 0.879. The third-order valence-electron chi connectivity index (χ3n) is 4.22. The van der Waals surface area contributed by atoms with Gasteiger partial charge in [-0.3, -0.25) is 9.69 Å². The summed E-state index contributed by atoms with van der Waals surface area (Å²) in [4.78, 5) is 25.3. The molecule has 0 radical (unpaired) electrons. The summed E-state index contributed by atoms with van der Waals surface area (Å²) >= 11 is 0. The van der Waals surface area contributed by atoms with Gasteiger partial charge in [0.25, 0.3) is 0 Å². The van der Waals surface area contributed by atoms with E-state index >= 15 is 0 Å². The van der Waals surface area contributed by atoms with Crippen molar-refractivity contribution in [3.8, 4) is 0 Å². The summed E-state index contributed by atoms with van der Waals surface area (Å²) < 4.78 is 0. The Morgan fingerprint density at radius 3 is 2.55 bits per heavy atom. The number of nitrogens with zero attached hydrogens (tertiary/aromatic N) is 1. The van der Waals surface area contributed by atoms with E-state index in [0.717, 1.165) is 25.6 Å². The Bertz CT molecular complexity index is 369. The molecule has 1 aliphatic carbocycles. The topological polar surface area (TPSA) is 81.7 Å². The number of urea groups is 1. The first-order valence-corrected chi connectivity index (χ1v) is 7.48. The molecule has 0 aromatic carbocycles. The number of hydrogen-bond donors (Lipinski definition) is 3.